The monoisotopic (exact) mass is 271 g/mol. The van der Waals surface area contributed by atoms with Crippen LogP contribution in [0.4, 0.5) is 5.82 Å². The summed E-state index contributed by atoms with van der Waals surface area (Å²) < 4.78 is 0. The van der Waals surface area contributed by atoms with E-state index in [1.807, 2.05) is 36.1 Å². The number of carboxylic acids is 1. The number of benzene rings is 1. The van der Waals surface area contributed by atoms with Gasteiger partial charge in [-0.15, -0.1) is 5.10 Å². The number of fused-ring (bicyclic) bond motifs is 1. The van der Waals surface area contributed by atoms with E-state index in [0.717, 1.165) is 22.9 Å². The Kier molecular flexibility index (Phi) is 2.85. The van der Waals surface area contributed by atoms with Crippen LogP contribution in [-0.2, 0) is 4.79 Å². The third kappa shape index (κ3) is 1.73. The van der Waals surface area contributed by atoms with E-state index in [-0.39, 0.29) is 0 Å². The van der Waals surface area contributed by atoms with Gasteiger partial charge in [0, 0.05) is 17.3 Å². The molecule has 2 heterocycles. The first-order chi connectivity index (χ1) is 9.54. The predicted molar refractivity (Wildman–Crippen MR) is 76.9 cm³/mol. The topological polar surface area (TPSA) is 66.3 Å². The molecule has 2 aromatic rings. The molecule has 104 valence electrons. The zero-order valence-electron chi connectivity index (χ0n) is 11.6. The van der Waals surface area contributed by atoms with Crippen LogP contribution >= 0.6 is 0 Å². The van der Waals surface area contributed by atoms with E-state index < -0.39 is 11.5 Å². The number of nitrogens with zero attached hydrogens (tertiary/aromatic N) is 3. The van der Waals surface area contributed by atoms with E-state index in [1.165, 1.54) is 0 Å². The second-order valence-corrected chi connectivity index (χ2v) is 5.49. The lowest BCUT2D eigenvalue weighted by Gasteiger charge is -2.32. The van der Waals surface area contributed by atoms with Crippen molar-refractivity contribution in [3.63, 3.8) is 0 Å². The number of aryl methyl sites for hydroxylation is 1. The SMILES string of the molecule is Cc1nnc(N2CCCC2(C)C(=O)O)c2ccccc12. The summed E-state index contributed by atoms with van der Waals surface area (Å²) in [6.07, 6.45) is 1.49. The van der Waals surface area contributed by atoms with Crippen molar-refractivity contribution < 1.29 is 9.90 Å². The predicted octanol–water partition coefficient (Wildman–Crippen LogP) is 2.38. The lowest BCUT2D eigenvalue weighted by atomic mass is 9.99. The molecule has 0 radical (unpaired) electrons. The van der Waals surface area contributed by atoms with Crippen molar-refractivity contribution in [3.05, 3.63) is 30.0 Å². The molecule has 1 aromatic heterocycles. The highest BCUT2D eigenvalue weighted by Gasteiger charge is 2.44. The standard InChI is InChI=1S/C15H17N3O2/c1-10-11-6-3-4-7-12(11)13(17-16-10)18-9-5-8-15(18,2)14(19)20/h3-4,6-7H,5,8-9H2,1-2H3,(H,19,20). The number of anilines is 1. The molecular formula is C15H17N3O2. The van der Waals surface area contributed by atoms with Gasteiger partial charge in [0.2, 0.25) is 0 Å². The molecule has 0 saturated carbocycles. The first-order valence-electron chi connectivity index (χ1n) is 6.77. The minimum Gasteiger partial charge on any atom is -0.480 e. The third-order valence-corrected chi connectivity index (χ3v) is 4.21. The molecule has 1 unspecified atom stereocenters. The Labute approximate surface area is 117 Å². The summed E-state index contributed by atoms with van der Waals surface area (Å²) in [4.78, 5) is 13.5. The highest BCUT2D eigenvalue weighted by Crippen LogP contribution is 2.36. The van der Waals surface area contributed by atoms with Crippen LogP contribution in [0.25, 0.3) is 10.8 Å². The molecule has 0 amide bonds. The molecule has 1 atom stereocenters. The van der Waals surface area contributed by atoms with Gasteiger partial charge >= 0.3 is 5.97 Å². The van der Waals surface area contributed by atoms with E-state index in [9.17, 15) is 9.90 Å². The second-order valence-electron chi connectivity index (χ2n) is 5.49. The Morgan fingerprint density at radius 3 is 2.70 bits per heavy atom. The highest BCUT2D eigenvalue weighted by molar-refractivity contribution is 5.96. The van der Waals surface area contributed by atoms with E-state index >= 15 is 0 Å². The van der Waals surface area contributed by atoms with Crippen LogP contribution in [0.5, 0.6) is 0 Å². The Morgan fingerprint density at radius 1 is 1.30 bits per heavy atom. The van der Waals surface area contributed by atoms with Crippen LogP contribution < -0.4 is 4.90 Å². The summed E-state index contributed by atoms with van der Waals surface area (Å²) in [5.74, 6) is -0.130. The fourth-order valence-electron chi connectivity index (χ4n) is 2.95. The zero-order chi connectivity index (χ0) is 14.3. The molecule has 1 aliphatic rings. The molecular weight excluding hydrogens is 254 g/mol. The summed E-state index contributed by atoms with van der Waals surface area (Å²) in [7, 11) is 0. The van der Waals surface area contributed by atoms with Gasteiger partial charge in [-0.05, 0) is 26.7 Å². The van der Waals surface area contributed by atoms with Crippen LogP contribution in [0.2, 0.25) is 0 Å². The summed E-state index contributed by atoms with van der Waals surface area (Å²) >= 11 is 0. The van der Waals surface area contributed by atoms with E-state index in [2.05, 4.69) is 10.2 Å². The van der Waals surface area contributed by atoms with Gasteiger partial charge in [0.1, 0.15) is 5.54 Å². The number of rotatable bonds is 2. The molecule has 1 aromatic carbocycles. The van der Waals surface area contributed by atoms with Crippen molar-refractivity contribution in [3.8, 4) is 0 Å². The molecule has 0 aliphatic carbocycles. The van der Waals surface area contributed by atoms with Crippen LogP contribution in [0.3, 0.4) is 0 Å². The van der Waals surface area contributed by atoms with Gasteiger partial charge in [-0.2, -0.15) is 5.10 Å². The molecule has 0 spiro atoms. The van der Waals surface area contributed by atoms with Crippen LogP contribution in [0, 0.1) is 6.92 Å². The molecule has 0 bridgehead atoms. The first-order valence-corrected chi connectivity index (χ1v) is 6.77. The van der Waals surface area contributed by atoms with Crippen LogP contribution in [0.1, 0.15) is 25.5 Å². The molecule has 1 fully saturated rings. The van der Waals surface area contributed by atoms with Gasteiger partial charge in [0.05, 0.1) is 5.69 Å². The van der Waals surface area contributed by atoms with E-state index in [4.69, 9.17) is 0 Å². The van der Waals surface area contributed by atoms with Gasteiger partial charge < -0.3 is 10.0 Å². The zero-order valence-corrected chi connectivity index (χ0v) is 11.6. The number of aromatic nitrogens is 2. The van der Waals surface area contributed by atoms with Crippen LogP contribution in [-0.4, -0.2) is 33.4 Å². The number of carbonyl (C=O) groups is 1. The largest absolute Gasteiger partial charge is 0.480 e. The van der Waals surface area contributed by atoms with Crippen LogP contribution in [0.15, 0.2) is 24.3 Å². The fraction of sp³-hybridized carbons (Fsp3) is 0.400. The number of aliphatic carboxylic acids is 1. The number of hydrogen-bond donors (Lipinski definition) is 1. The number of hydrogen-bond acceptors (Lipinski definition) is 4. The van der Waals surface area contributed by atoms with E-state index in [1.54, 1.807) is 6.92 Å². The smallest absolute Gasteiger partial charge is 0.329 e. The van der Waals surface area contributed by atoms with Gasteiger partial charge in [-0.3, -0.25) is 0 Å². The van der Waals surface area contributed by atoms with Crippen molar-refractivity contribution in [2.24, 2.45) is 0 Å². The van der Waals surface area contributed by atoms with Crippen molar-refractivity contribution in [2.45, 2.75) is 32.2 Å². The Bertz CT molecular complexity index is 686. The summed E-state index contributed by atoms with van der Waals surface area (Å²) in [6, 6.07) is 7.88. The third-order valence-electron chi connectivity index (χ3n) is 4.21. The lowest BCUT2D eigenvalue weighted by molar-refractivity contribution is -0.142. The highest BCUT2D eigenvalue weighted by atomic mass is 16.4. The van der Waals surface area contributed by atoms with Crippen molar-refractivity contribution >= 4 is 22.6 Å². The second kappa shape index (κ2) is 4.44. The molecule has 3 rings (SSSR count). The van der Waals surface area contributed by atoms with Crippen molar-refractivity contribution in [1.82, 2.24) is 10.2 Å². The number of carboxylic acid groups (broad SMARTS) is 1. The van der Waals surface area contributed by atoms with E-state index in [0.29, 0.717) is 18.8 Å². The average molecular weight is 271 g/mol. The maximum absolute atomic E-state index is 11.6. The van der Waals surface area contributed by atoms with Gasteiger partial charge in [0.25, 0.3) is 0 Å². The lowest BCUT2D eigenvalue weighted by Crippen LogP contribution is -2.48. The maximum atomic E-state index is 11.6. The molecule has 1 aliphatic heterocycles. The molecule has 1 saturated heterocycles. The van der Waals surface area contributed by atoms with Gasteiger partial charge in [-0.1, -0.05) is 24.3 Å². The van der Waals surface area contributed by atoms with Crippen molar-refractivity contribution in [2.75, 3.05) is 11.4 Å². The molecule has 1 N–H and O–H groups in total. The Balaban J connectivity index is 2.20. The average Bonchev–Trinajstić information content (AvgIpc) is 2.83. The minimum absolute atomic E-state index is 0.631. The minimum atomic E-state index is -0.896. The Morgan fingerprint density at radius 2 is 2.00 bits per heavy atom. The van der Waals surface area contributed by atoms with Gasteiger partial charge in [-0.25, -0.2) is 4.79 Å². The quantitative estimate of drug-likeness (QED) is 0.908. The molecule has 5 heteroatoms. The molecule has 20 heavy (non-hydrogen) atoms. The summed E-state index contributed by atoms with van der Waals surface area (Å²) in [6.45, 7) is 4.38. The maximum Gasteiger partial charge on any atom is 0.329 e. The fourth-order valence-corrected chi connectivity index (χ4v) is 2.95. The summed E-state index contributed by atoms with van der Waals surface area (Å²) in [5, 5.41) is 20.0. The van der Waals surface area contributed by atoms with Gasteiger partial charge in [0.15, 0.2) is 5.82 Å². The Hall–Kier alpha value is -2.17. The first kappa shape index (κ1) is 12.8. The van der Waals surface area contributed by atoms with Crippen molar-refractivity contribution in [1.29, 1.82) is 0 Å². The summed E-state index contributed by atoms with van der Waals surface area (Å²) in [5.41, 5.74) is -0.0345. The molecule has 5 nitrogen and oxygen atoms in total. The normalized spacial score (nSPS) is 22.4.